The van der Waals surface area contributed by atoms with Gasteiger partial charge in [-0.1, -0.05) is 0 Å². The third-order valence-electron chi connectivity index (χ3n) is 2.95. The van der Waals surface area contributed by atoms with E-state index in [0.717, 1.165) is 12.8 Å². The molecular formula is C14H26N2O4. The van der Waals surface area contributed by atoms with Crippen molar-refractivity contribution in [2.45, 2.75) is 51.5 Å². The first-order chi connectivity index (χ1) is 9.47. The fourth-order valence-corrected chi connectivity index (χ4v) is 1.69. The maximum absolute atomic E-state index is 11.5. The van der Waals surface area contributed by atoms with Crippen molar-refractivity contribution in [2.24, 2.45) is 5.73 Å². The van der Waals surface area contributed by atoms with Gasteiger partial charge in [0, 0.05) is 26.5 Å². The minimum atomic E-state index is -0.391. The lowest BCUT2D eigenvalue weighted by Gasteiger charge is -2.08. The minimum Gasteiger partial charge on any atom is -0.377 e. The maximum atomic E-state index is 11.5. The van der Waals surface area contributed by atoms with Gasteiger partial charge in [0.15, 0.2) is 5.78 Å². The molecule has 3 N–H and O–H groups in total. The SMILES string of the molecule is COCC(=O)CCCC(=O)NCCCCC(N)C(C)=O. The molecule has 0 spiro atoms. The molecule has 20 heavy (non-hydrogen) atoms. The molecule has 0 aromatic rings. The molecule has 0 fully saturated rings. The molecule has 0 aromatic heterocycles. The topological polar surface area (TPSA) is 98.5 Å². The Hall–Kier alpha value is -1.27. The van der Waals surface area contributed by atoms with E-state index in [4.69, 9.17) is 10.5 Å². The minimum absolute atomic E-state index is 0.00485. The summed E-state index contributed by atoms with van der Waals surface area (Å²) in [5.41, 5.74) is 5.60. The summed E-state index contributed by atoms with van der Waals surface area (Å²) in [5, 5.41) is 2.78. The highest BCUT2D eigenvalue weighted by atomic mass is 16.5. The van der Waals surface area contributed by atoms with Gasteiger partial charge in [0.25, 0.3) is 0 Å². The molecule has 0 rings (SSSR count). The molecule has 0 bridgehead atoms. The highest BCUT2D eigenvalue weighted by molar-refractivity contribution is 5.81. The van der Waals surface area contributed by atoms with Gasteiger partial charge in [-0.3, -0.25) is 14.4 Å². The molecule has 0 saturated heterocycles. The van der Waals surface area contributed by atoms with Crippen LogP contribution in [0, 0.1) is 0 Å². The highest BCUT2D eigenvalue weighted by Crippen LogP contribution is 2.00. The number of Topliss-reactive ketones (excluding diaryl/α,β-unsaturated/α-hetero) is 2. The van der Waals surface area contributed by atoms with Crippen LogP contribution < -0.4 is 11.1 Å². The van der Waals surface area contributed by atoms with Gasteiger partial charge in [-0.15, -0.1) is 0 Å². The van der Waals surface area contributed by atoms with E-state index in [9.17, 15) is 14.4 Å². The summed E-state index contributed by atoms with van der Waals surface area (Å²) in [5.74, 6) is -0.0423. The van der Waals surface area contributed by atoms with Gasteiger partial charge < -0.3 is 15.8 Å². The Morgan fingerprint density at radius 3 is 2.45 bits per heavy atom. The summed E-state index contributed by atoms with van der Waals surface area (Å²) in [7, 11) is 1.47. The van der Waals surface area contributed by atoms with Crippen LogP contribution in [0.25, 0.3) is 0 Å². The van der Waals surface area contributed by atoms with Crippen molar-refractivity contribution in [1.29, 1.82) is 0 Å². The molecule has 0 aliphatic carbocycles. The second-order valence-corrected chi connectivity index (χ2v) is 4.89. The Morgan fingerprint density at radius 1 is 1.15 bits per heavy atom. The molecule has 0 radical (unpaired) electrons. The number of nitrogens with one attached hydrogen (secondary N) is 1. The van der Waals surface area contributed by atoms with Gasteiger partial charge in [0.1, 0.15) is 12.4 Å². The number of rotatable bonds is 12. The van der Waals surface area contributed by atoms with Gasteiger partial charge in [0.05, 0.1) is 6.04 Å². The Balaban J connectivity index is 3.45. The third kappa shape index (κ3) is 10.6. The molecule has 1 unspecified atom stereocenters. The van der Waals surface area contributed by atoms with E-state index in [-0.39, 0.29) is 24.1 Å². The number of nitrogens with two attached hydrogens (primary N) is 1. The van der Waals surface area contributed by atoms with Gasteiger partial charge in [-0.2, -0.15) is 0 Å². The van der Waals surface area contributed by atoms with E-state index in [2.05, 4.69) is 5.32 Å². The van der Waals surface area contributed by atoms with E-state index in [1.807, 2.05) is 0 Å². The van der Waals surface area contributed by atoms with Gasteiger partial charge in [-0.25, -0.2) is 0 Å². The Labute approximate surface area is 120 Å². The lowest BCUT2D eigenvalue weighted by atomic mass is 10.1. The Morgan fingerprint density at radius 2 is 1.85 bits per heavy atom. The van der Waals surface area contributed by atoms with Crippen LogP contribution in [0.15, 0.2) is 0 Å². The fraction of sp³-hybridized carbons (Fsp3) is 0.786. The van der Waals surface area contributed by atoms with Crippen molar-refractivity contribution in [3.05, 3.63) is 0 Å². The number of unbranched alkanes of at least 4 members (excludes halogenated alkanes) is 1. The lowest BCUT2D eigenvalue weighted by Crippen LogP contribution is -2.29. The van der Waals surface area contributed by atoms with Crippen molar-refractivity contribution in [1.82, 2.24) is 5.32 Å². The number of carbonyl (C=O) groups is 3. The highest BCUT2D eigenvalue weighted by Gasteiger charge is 2.07. The van der Waals surface area contributed by atoms with Crippen LogP contribution in [-0.4, -0.2) is 43.8 Å². The predicted molar refractivity (Wildman–Crippen MR) is 76.3 cm³/mol. The maximum Gasteiger partial charge on any atom is 0.220 e. The van der Waals surface area contributed by atoms with Crippen LogP contribution >= 0.6 is 0 Å². The van der Waals surface area contributed by atoms with Crippen LogP contribution in [-0.2, 0) is 19.1 Å². The molecular weight excluding hydrogens is 260 g/mol. The molecule has 0 aliphatic heterocycles. The molecule has 0 aromatic carbocycles. The van der Waals surface area contributed by atoms with Gasteiger partial charge in [-0.05, 0) is 32.6 Å². The number of hydrogen-bond donors (Lipinski definition) is 2. The number of methoxy groups -OCH3 is 1. The fourth-order valence-electron chi connectivity index (χ4n) is 1.69. The monoisotopic (exact) mass is 286 g/mol. The molecule has 6 heteroatoms. The number of ketones is 2. The van der Waals surface area contributed by atoms with Crippen molar-refractivity contribution in [3.63, 3.8) is 0 Å². The normalized spacial score (nSPS) is 11.9. The summed E-state index contributed by atoms with van der Waals surface area (Å²) in [6.45, 7) is 2.17. The zero-order valence-electron chi connectivity index (χ0n) is 12.4. The van der Waals surface area contributed by atoms with Crippen LogP contribution in [0.4, 0.5) is 0 Å². The summed E-state index contributed by atoms with van der Waals surface area (Å²) < 4.78 is 4.70. The molecule has 0 heterocycles. The van der Waals surface area contributed by atoms with E-state index < -0.39 is 6.04 Å². The molecule has 0 saturated carbocycles. The number of hydrogen-bond acceptors (Lipinski definition) is 5. The van der Waals surface area contributed by atoms with Gasteiger partial charge >= 0.3 is 0 Å². The first-order valence-corrected chi connectivity index (χ1v) is 7.00. The van der Waals surface area contributed by atoms with E-state index in [1.165, 1.54) is 14.0 Å². The second kappa shape index (κ2) is 11.5. The quantitative estimate of drug-likeness (QED) is 0.511. The van der Waals surface area contributed by atoms with E-state index in [0.29, 0.717) is 32.2 Å². The summed E-state index contributed by atoms with van der Waals surface area (Å²) >= 11 is 0. The van der Waals surface area contributed by atoms with Crippen molar-refractivity contribution in [3.8, 4) is 0 Å². The van der Waals surface area contributed by atoms with Crippen molar-refractivity contribution < 1.29 is 19.1 Å². The number of ether oxygens (including phenoxy) is 1. The summed E-state index contributed by atoms with van der Waals surface area (Å²) in [6, 6.07) is -0.391. The average molecular weight is 286 g/mol. The van der Waals surface area contributed by atoms with Crippen LogP contribution in [0.3, 0.4) is 0 Å². The number of carbonyl (C=O) groups excluding carboxylic acids is 3. The molecule has 1 amide bonds. The lowest BCUT2D eigenvalue weighted by molar-refractivity contribution is -0.123. The van der Waals surface area contributed by atoms with Crippen molar-refractivity contribution >= 4 is 17.5 Å². The van der Waals surface area contributed by atoms with Crippen LogP contribution in [0.1, 0.15) is 45.4 Å². The van der Waals surface area contributed by atoms with E-state index in [1.54, 1.807) is 0 Å². The first kappa shape index (κ1) is 18.7. The summed E-state index contributed by atoms with van der Waals surface area (Å²) in [6.07, 6.45) is 3.53. The van der Waals surface area contributed by atoms with Crippen molar-refractivity contribution in [2.75, 3.05) is 20.3 Å². The van der Waals surface area contributed by atoms with E-state index >= 15 is 0 Å². The second-order valence-electron chi connectivity index (χ2n) is 4.89. The molecule has 0 aliphatic rings. The zero-order valence-corrected chi connectivity index (χ0v) is 12.4. The van der Waals surface area contributed by atoms with Crippen LogP contribution in [0.2, 0.25) is 0 Å². The standard InChI is InChI=1S/C14H26N2O4/c1-11(17)13(15)7-3-4-9-16-14(19)8-5-6-12(18)10-20-2/h13H,3-10,15H2,1-2H3,(H,16,19). The largest absolute Gasteiger partial charge is 0.377 e. The average Bonchev–Trinajstić information content (AvgIpc) is 2.38. The first-order valence-electron chi connectivity index (χ1n) is 7.00. The smallest absolute Gasteiger partial charge is 0.220 e. The number of amides is 1. The third-order valence-corrected chi connectivity index (χ3v) is 2.95. The zero-order chi connectivity index (χ0) is 15.4. The molecule has 1 atom stereocenters. The predicted octanol–water partition coefficient (Wildman–Crippen LogP) is 0.575. The molecule has 6 nitrogen and oxygen atoms in total. The Kier molecular flexibility index (Phi) is 10.8. The summed E-state index contributed by atoms with van der Waals surface area (Å²) in [4.78, 5) is 33.5. The van der Waals surface area contributed by atoms with Crippen LogP contribution in [0.5, 0.6) is 0 Å². The van der Waals surface area contributed by atoms with Gasteiger partial charge in [0.2, 0.25) is 5.91 Å². The Bertz CT molecular complexity index is 318. The molecule has 116 valence electrons.